The van der Waals surface area contributed by atoms with Crippen LogP contribution in [0.5, 0.6) is 0 Å². The Morgan fingerprint density at radius 1 is 1.40 bits per heavy atom. The van der Waals surface area contributed by atoms with E-state index in [1.165, 1.54) is 6.07 Å². The molecule has 0 aliphatic heterocycles. The maximum atomic E-state index is 13.3. The zero-order valence-electron chi connectivity index (χ0n) is 7.34. The molecule has 3 nitrogen and oxygen atoms in total. The third-order valence-corrected chi connectivity index (χ3v) is 1.73. The Labute approximate surface area is 83.4 Å². The average molecular weight is 211 g/mol. The monoisotopic (exact) mass is 211 g/mol. The summed E-state index contributed by atoms with van der Waals surface area (Å²) in [6, 6.07) is 3.02. The number of aromatic nitrogens is 1. The molecule has 0 saturated carbocycles. The van der Waals surface area contributed by atoms with E-state index in [4.69, 9.17) is 10.5 Å². The van der Waals surface area contributed by atoms with Gasteiger partial charge >= 0.3 is 0 Å². The quantitative estimate of drug-likeness (QED) is 0.752. The summed E-state index contributed by atoms with van der Waals surface area (Å²) >= 11 is 0. The summed E-state index contributed by atoms with van der Waals surface area (Å²) in [6.07, 6.45) is -2.76. The largest absolute Gasteiger partial charge is 0.280 e. The topological polar surface area (TPSA) is 60.5 Å². The predicted molar refractivity (Wildman–Crippen MR) is 43.2 cm³/mol. The van der Waals surface area contributed by atoms with Gasteiger partial charge in [-0.3, -0.25) is 4.98 Å². The van der Waals surface area contributed by atoms with E-state index in [1.54, 1.807) is 6.07 Å². The van der Waals surface area contributed by atoms with Crippen LogP contribution >= 0.6 is 0 Å². The van der Waals surface area contributed by atoms with Crippen LogP contribution in [-0.2, 0) is 6.42 Å². The Morgan fingerprint density at radius 3 is 2.53 bits per heavy atom. The molecule has 15 heavy (non-hydrogen) atoms. The van der Waals surface area contributed by atoms with Crippen molar-refractivity contribution in [1.29, 1.82) is 10.5 Å². The fraction of sp³-hybridized carbons (Fsp3) is 0.222. The van der Waals surface area contributed by atoms with Crippen molar-refractivity contribution >= 4 is 0 Å². The molecule has 1 heterocycles. The minimum absolute atomic E-state index is 0.440. The van der Waals surface area contributed by atoms with Gasteiger partial charge in [-0.1, -0.05) is 0 Å². The molecular weight excluding hydrogens is 207 g/mol. The second kappa shape index (κ2) is 4.43. The molecule has 0 N–H and O–H groups in total. The number of pyridine rings is 1. The highest BCUT2D eigenvalue weighted by molar-refractivity contribution is 5.37. The van der Waals surface area contributed by atoms with Gasteiger partial charge in [0.25, 0.3) is 6.43 Å². The first kappa shape index (κ1) is 11.0. The zero-order chi connectivity index (χ0) is 11.4. The van der Waals surface area contributed by atoms with Gasteiger partial charge in [0.2, 0.25) is 0 Å². The molecule has 1 aromatic heterocycles. The van der Waals surface area contributed by atoms with Crippen LogP contribution in [0.2, 0.25) is 0 Å². The third kappa shape index (κ3) is 2.05. The molecule has 0 unspecified atom stereocenters. The molecule has 6 heteroatoms. The SMILES string of the molecule is N#CCc1c(C(F)F)ncc(C#N)c1F. The maximum absolute atomic E-state index is 13.3. The van der Waals surface area contributed by atoms with Gasteiger partial charge < -0.3 is 0 Å². The second-order valence-electron chi connectivity index (χ2n) is 2.60. The predicted octanol–water partition coefficient (Wildman–Crippen LogP) is 2.10. The average Bonchev–Trinajstić information content (AvgIpc) is 2.20. The van der Waals surface area contributed by atoms with Crippen LogP contribution in [0.3, 0.4) is 0 Å². The zero-order valence-corrected chi connectivity index (χ0v) is 7.34. The molecule has 0 atom stereocenters. The number of alkyl halides is 2. The highest BCUT2D eigenvalue weighted by atomic mass is 19.3. The molecule has 0 bridgehead atoms. The van der Waals surface area contributed by atoms with Gasteiger partial charge in [0, 0.05) is 11.8 Å². The van der Waals surface area contributed by atoms with E-state index in [0.29, 0.717) is 0 Å². The molecule has 0 radical (unpaired) electrons. The van der Waals surface area contributed by atoms with Crippen LogP contribution in [0.4, 0.5) is 13.2 Å². The number of halogens is 3. The lowest BCUT2D eigenvalue weighted by Gasteiger charge is -2.06. The van der Waals surface area contributed by atoms with Crippen molar-refractivity contribution in [2.75, 3.05) is 0 Å². The molecule has 0 saturated heterocycles. The van der Waals surface area contributed by atoms with Crippen LogP contribution in [0, 0.1) is 28.5 Å². The van der Waals surface area contributed by atoms with Crippen LogP contribution < -0.4 is 0 Å². The second-order valence-corrected chi connectivity index (χ2v) is 2.60. The van der Waals surface area contributed by atoms with E-state index in [9.17, 15) is 13.2 Å². The van der Waals surface area contributed by atoms with E-state index < -0.39 is 35.5 Å². The molecule has 0 aliphatic carbocycles. The van der Waals surface area contributed by atoms with E-state index in [0.717, 1.165) is 6.20 Å². The summed E-state index contributed by atoms with van der Waals surface area (Å²) in [4.78, 5) is 3.26. The van der Waals surface area contributed by atoms with E-state index in [-0.39, 0.29) is 0 Å². The van der Waals surface area contributed by atoms with E-state index in [2.05, 4.69) is 4.98 Å². The van der Waals surface area contributed by atoms with Crippen LogP contribution in [-0.4, -0.2) is 4.98 Å². The van der Waals surface area contributed by atoms with Crippen LogP contribution in [0.15, 0.2) is 6.20 Å². The Balaban J connectivity index is 3.40. The summed E-state index contributed by atoms with van der Waals surface area (Å²) in [5, 5.41) is 16.8. The number of hydrogen-bond donors (Lipinski definition) is 0. The van der Waals surface area contributed by atoms with Crippen molar-refractivity contribution in [3.63, 3.8) is 0 Å². The van der Waals surface area contributed by atoms with Gasteiger partial charge in [-0.15, -0.1) is 0 Å². The summed E-state index contributed by atoms with van der Waals surface area (Å²) in [7, 11) is 0. The van der Waals surface area contributed by atoms with Crippen molar-refractivity contribution in [3.05, 3.63) is 28.8 Å². The lowest BCUT2D eigenvalue weighted by atomic mass is 10.1. The highest BCUT2D eigenvalue weighted by Crippen LogP contribution is 2.24. The fourth-order valence-corrected chi connectivity index (χ4v) is 1.06. The van der Waals surface area contributed by atoms with Gasteiger partial charge in [-0.05, 0) is 0 Å². The first-order valence-electron chi connectivity index (χ1n) is 3.84. The van der Waals surface area contributed by atoms with Crippen molar-refractivity contribution in [1.82, 2.24) is 4.98 Å². The Bertz CT molecular complexity index is 457. The van der Waals surface area contributed by atoms with Gasteiger partial charge in [-0.2, -0.15) is 10.5 Å². The summed E-state index contributed by atoms with van der Waals surface area (Å²) in [5.74, 6) is -1.09. The smallest absolute Gasteiger partial charge is 0.253 e. The number of nitrogens with zero attached hydrogens (tertiary/aromatic N) is 3. The minimum Gasteiger partial charge on any atom is -0.253 e. The van der Waals surface area contributed by atoms with Crippen LogP contribution in [0.25, 0.3) is 0 Å². The van der Waals surface area contributed by atoms with E-state index >= 15 is 0 Å². The third-order valence-electron chi connectivity index (χ3n) is 1.73. The van der Waals surface area contributed by atoms with Gasteiger partial charge in [0.15, 0.2) is 0 Å². The Kier molecular flexibility index (Phi) is 3.25. The highest BCUT2D eigenvalue weighted by Gasteiger charge is 2.20. The summed E-state index contributed by atoms with van der Waals surface area (Å²) in [6.45, 7) is 0. The Morgan fingerprint density at radius 2 is 2.07 bits per heavy atom. The van der Waals surface area contributed by atoms with Crippen LogP contribution in [0.1, 0.15) is 23.2 Å². The normalized spacial score (nSPS) is 9.73. The number of rotatable bonds is 2. The van der Waals surface area contributed by atoms with Gasteiger partial charge in [0.1, 0.15) is 23.1 Å². The molecule has 0 aromatic carbocycles. The molecule has 76 valence electrons. The summed E-state index contributed by atoms with van der Waals surface area (Å²) in [5.41, 5.74) is -1.73. The van der Waals surface area contributed by atoms with Crippen molar-refractivity contribution in [3.8, 4) is 12.1 Å². The molecular formula is C9H4F3N3. The lowest BCUT2D eigenvalue weighted by molar-refractivity contribution is 0.144. The number of hydrogen-bond acceptors (Lipinski definition) is 3. The molecule has 1 rings (SSSR count). The minimum atomic E-state index is -2.96. The van der Waals surface area contributed by atoms with Gasteiger partial charge in [-0.25, -0.2) is 13.2 Å². The molecule has 0 fully saturated rings. The molecule has 0 amide bonds. The fourth-order valence-electron chi connectivity index (χ4n) is 1.06. The number of nitriles is 2. The van der Waals surface area contributed by atoms with Gasteiger partial charge in [0.05, 0.1) is 12.5 Å². The molecule has 1 aromatic rings. The maximum Gasteiger partial charge on any atom is 0.280 e. The van der Waals surface area contributed by atoms with E-state index in [1.807, 2.05) is 0 Å². The molecule has 0 spiro atoms. The molecule has 0 aliphatic rings. The van der Waals surface area contributed by atoms with Crippen molar-refractivity contribution in [2.24, 2.45) is 0 Å². The lowest BCUT2D eigenvalue weighted by Crippen LogP contribution is -2.04. The first-order valence-corrected chi connectivity index (χ1v) is 3.84. The van der Waals surface area contributed by atoms with Crippen molar-refractivity contribution < 1.29 is 13.2 Å². The standard InChI is InChI=1S/C9H4F3N3/c10-7-5(3-14)4-15-8(9(11)12)6(7)1-2-13/h4,9H,1H2. The first-order chi connectivity index (χ1) is 7.11. The van der Waals surface area contributed by atoms with Crippen molar-refractivity contribution in [2.45, 2.75) is 12.8 Å². The summed E-state index contributed by atoms with van der Waals surface area (Å²) < 4.78 is 38.0. The Hall–Kier alpha value is -2.08.